The standard InChI is InChI=1S/C17H19FN2O4S/c1-12-9-15(7-8-16(12)18)25(22,23)20-11-17(21)19-10-13-3-5-14(24-2)6-4-13/h3-9,20H,10-11H2,1-2H3,(H,19,21). The molecule has 0 radical (unpaired) electrons. The average Bonchev–Trinajstić information content (AvgIpc) is 2.61. The zero-order valence-electron chi connectivity index (χ0n) is 13.9. The maximum atomic E-state index is 13.2. The van der Waals surface area contributed by atoms with E-state index in [0.29, 0.717) is 5.75 Å². The van der Waals surface area contributed by atoms with E-state index in [2.05, 4.69) is 10.0 Å². The number of benzene rings is 2. The monoisotopic (exact) mass is 366 g/mol. The van der Waals surface area contributed by atoms with Crippen molar-refractivity contribution in [2.45, 2.75) is 18.4 Å². The highest BCUT2D eigenvalue weighted by atomic mass is 32.2. The predicted octanol–water partition coefficient (Wildman–Crippen LogP) is 1.74. The number of aryl methyl sites for hydroxylation is 1. The minimum absolute atomic E-state index is 0.0886. The smallest absolute Gasteiger partial charge is 0.241 e. The predicted molar refractivity (Wildman–Crippen MR) is 91.2 cm³/mol. The first-order chi connectivity index (χ1) is 11.8. The number of sulfonamides is 1. The number of ether oxygens (including phenoxy) is 1. The van der Waals surface area contributed by atoms with Crippen LogP contribution < -0.4 is 14.8 Å². The minimum atomic E-state index is -3.88. The number of methoxy groups -OCH3 is 1. The van der Waals surface area contributed by atoms with Crippen LogP contribution in [0.4, 0.5) is 4.39 Å². The Bertz CT molecular complexity index is 851. The Morgan fingerprint density at radius 1 is 1.16 bits per heavy atom. The third-order valence-electron chi connectivity index (χ3n) is 3.51. The van der Waals surface area contributed by atoms with Gasteiger partial charge in [0.25, 0.3) is 0 Å². The summed E-state index contributed by atoms with van der Waals surface area (Å²) in [5.74, 6) is -0.258. The Hall–Kier alpha value is -2.45. The van der Waals surface area contributed by atoms with Gasteiger partial charge < -0.3 is 10.1 Å². The Kier molecular flexibility index (Phi) is 6.11. The van der Waals surface area contributed by atoms with Gasteiger partial charge in [0.15, 0.2) is 0 Å². The summed E-state index contributed by atoms with van der Waals surface area (Å²) in [5.41, 5.74) is 1.07. The maximum Gasteiger partial charge on any atom is 0.241 e. The molecule has 0 spiro atoms. The number of amides is 1. The molecule has 2 aromatic rings. The van der Waals surface area contributed by atoms with Crippen molar-refractivity contribution in [3.8, 4) is 5.75 Å². The van der Waals surface area contributed by atoms with Gasteiger partial charge >= 0.3 is 0 Å². The van der Waals surface area contributed by atoms with Gasteiger partial charge in [0.2, 0.25) is 15.9 Å². The van der Waals surface area contributed by atoms with Crippen LogP contribution in [-0.2, 0) is 21.4 Å². The van der Waals surface area contributed by atoms with E-state index in [1.165, 1.54) is 13.0 Å². The molecule has 0 aliphatic carbocycles. The Morgan fingerprint density at radius 2 is 1.84 bits per heavy atom. The van der Waals surface area contributed by atoms with Crippen molar-refractivity contribution in [2.75, 3.05) is 13.7 Å². The van der Waals surface area contributed by atoms with Crippen LogP contribution in [0.1, 0.15) is 11.1 Å². The van der Waals surface area contributed by atoms with Gasteiger partial charge in [0.05, 0.1) is 18.6 Å². The first-order valence-electron chi connectivity index (χ1n) is 7.47. The van der Waals surface area contributed by atoms with Gasteiger partial charge in [-0.1, -0.05) is 12.1 Å². The first kappa shape index (κ1) is 18.9. The fourth-order valence-electron chi connectivity index (χ4n) is 2.03. The van der Waals surface area contributed by atoms with Crippen molar-refractivity contribution in [3.63, 3.8) is 0 Å². The van der Waals surface area contributed by atoms with Crippen molar-refractivity contribution >= 4 is 15.9 Å². The summed E-state index contributed by atoms with van der Waals surface area (Å²) in [7, 11) is -2.32. The average molecular weight is 366 g/mol. The summed E-state index contributed by atoms with van der Waals surface area (Å²) < 4.78 is 44.7. The topological polar surface area (TPSA) is 84.5 Å². The van der Waals surface area contributed by atoms with Crippen molar-refractivity contribution in [1.82, 2.24) is 10.0 Å². The van der Waals surface area contributed by atoms with E-state index in [1.54, 1.807) is 31.4 Å². The molecule has 0 fully saturated rings. The van der Waals surface area contributed by atoms with Crippen LogP contribution in [0.2, 0.25) is 0 Å². The molecule has 0 bridgehead atoms. The van der Waals surface area contributed by atoms with Gasteiger partial charge in [0, 0.05) is 6.54 Å². The number of carbonyl (C=O) groups is 1. The summed E-state index contributed by atoms with van der Waals surface area (Å²) in [5, 5.41) is 2.61. The summed E-state index contributed by atoms with van der Waals surface area (Å²) in [4.78, 5) is 11.7. The lowest BCUT2D eigenvalue weighted by atomic mass is 10.2. The molecule has 2 N–H and O–H groups in total. The number of hydrogen-bond acceptors (Lipinski definition) is 4. The molecule has 0 aliphatic rings. The second-order valence-electron chi connectivity index (χ2n) is 5.36. The maximum absolute atomic E-state index is 13.2. The molecule has 25 heavy (non-hydrogen) atoms. The lowest BCUT2D eigenvalue weighted by Crippen LogP contribution is -2.36. The molecule has 2 aromatic carbocycles. The fourth-order valence-corrected chi connectivity index (χ4v) is 3.10. The number of hydrogen-bond donors (Lipinski definition) is 2. The summed E-state index contributed by atoms with van der Waals surface area (Å²) >= 11 is 0. The van der Waals surface area contributed by atoms with Crippen LogP contribution >= 0.6 is 0 Å². The Morgan fingerprint density at radius 3 is 2.44 bits per heavy atom. The number of halogens is 1. The lowest BCUT2D eigenvalue weighted by Gasteiger charge is -2.09. The Balaban J connectivity index is 1.88. The minimum Gasteiger partial charge on any atom is -0.497 e. The van der Waals surface area contributed by atoms with Crippen molar-refractivity contribution in [2.24, 2.45) is 0 Å². The van der Waals surface area contributed by atoms with Gasteiger partial charge in [-0.05, 0) is 48.4 Å². The quantitative estimate of drug-likeness (QED) is 0.782. The number of nitrogens with one attached hydrogen (secondary N) is 2. The molecule has 1 amide bonds. The van der Waals surface area contributed by atoms with E-state index in [1.807, 2.05) is 0 Å². The number of carbonyl (C=O) groups excluding carboxylic acids is 1. The SMILES string of the molecule is COc1ccc(CNC(=O)CNS(=O)(=O)c2ccc(F)c(C)c2)cc1. The molecular weight excluding hydrogens is 347 g/mol. The summed E-state index contributed by atoms with van der Waals surface area (Å²) in [6.07, 6.45) is 0. The third-order valence-corrected chi connectivity index (χ3v) is 4.91. The van der Waals surface area contributed by atoms with Gasteiger partial charge in [-0.3, -0.25) is 4.79 Å². The summed E-state index contributed by atoms with van der Waals surface area (Å²) in [6.45, 7) is 1.32. The van der Waals surface area contributed by atoms with E-state index in [0.717, 1.165) is 17.7 Å². The fraction of sp³-hybridized carbons (Fsp3) is 0.235. The molecule has 6 nitrogen and oxygen atoms in total. The zero-order chi connectivity index (χ0) is 18.4. The molecule has 0 heterocycles. The zero-order valence-corrected chi connectivity index (χ0v) is 14.7. The van der Waals surface area contributed by atoms with Crippen LogP contribution in [0.25, 0.3) is 0 Å². The van der Waals surface area contributed by atoms with Crippen LogP contribution in [0.3, 0.4) is 0 Å². The highest BCUT2D eigenvalue weighted by molar-refractivity contribution is 7.89. The van der Waals surface area contributed by atoms with E-state index in [4.69, 9.17) is 4.74 Å². The summed E-state index contributed by atoms with van der Waals surface area (Å²) in [6, 6.07) is 10.6. The van der Waals surface area contributed by atoms with E-state index < -0.39 is 28.3 Å². The molecule has 0 aliphatic heterocycles. The van der Waals surface area contributed by atoms with Gasteiger partial charge in [-0.15, -0.1) is 0 Å². The van der Waals surface area contributed by atoms with Gasteiger partial charge in [-0.25, -0.2) is 17.5 Å². The highest BCUT2D eigenvalue weighted by Gasteiger charge is 2.16. The second-order valence-corrected chi connectivity index (χ2v) is 7.13. The lowest BCUT2D eigenvalue weighted by molar-refractivity contribution is -0.120. The van der Waals surface area contributed by atoms with Crippen LogP contribution in [0, 0.1) is 12.7 Å². The normalized spacial score (nSPS) is 11.2. The number of rotatable bonds is 7. The van der Waals surface area contributed by atoms with E-state index >= 15 is 0 Å². The molecule has 2 rings (SSSR count). The van der Waals surface area contributed by atoms with Crippen LogP contribution in [-0.4, -0.2) is 28.0 Å². The van der Waals surface area contributed by atoms with E-state index in [9.17, 15) is 17.6 Å². The largest absolute Gasteiger partial charge is 0.497 e. The molecule has 0 saturated heterocycles. The third kappa shape index (κ3) is 5.27. The molecular formula is C17H19FN2O4S. The first-order valence-corrected chi connectivity index (χ1v) is 8.95. The van der Waals surface area contributed by atoms with Crippen molar-refractivity contribution in [1.29, 1.82) is 0 Å². The van der Waals surface area contributed by atoms with Gasteiger partial charge in [-0.2, -0.15) is 0 Å². The van der Waals surface area contributed by atoms with Crippen molar-refractivity contribution in [3.05, 3.63) is 59.4 Å². The van der Waals surface area contributed by atoms with E-state index in [-0.39, 0.29) is 17.0 Å². The van der Waals surface area contributed by atoms with Crippen LogP contribution in [0.15, 0.2) is 47.4 Å². The van der Waals surface area contributed by atoms with Crippen molar-refractivity contribution < 1.29 is 22.3 Å². The molecule has 134 valence electrons. The molecule has 0 atom stereocenters. The molecule has 0 aromatic heterocycles. The molecule has 0 saturated carbocycles. The molecule has 8 heteroatoms. The van der Waals surface area contributed by atoms with Crippen LogP contribution in [0.5, 0.6) is 5.75 Å². The Labute approximate surface area is 146 Å². The second kappa shape index (κ2) is 8.09. The van der Waals surface area contributed by atoms with Gasteiger partial charge in [0.1, 0.15) is 11.6 Å². The molecule has 0 unspecified atom stereocenters. The highest BCUT2D eigenvalue weighted by Crippen LogP contribution is 2.14.